The van der Waals surface area contributed by atoms with Crippen LogP contribution >= 0.6 is 23.4 Å². The Morgan fingerprint density at radius 3 is 2.78 bits per heavy atom. The van der Waals surface area contributed by atoms with E-state index < -0.39 is 12.1 Å². The fraction of sp³-hybridized carbons (Fsp3) is 0.444. The van der Waals surface area contributed by atoms with Crippen molar-refractivity contribution in [1.29, 1.82) is 0 Å². The lowest BCUT2D eigenvalue weighted by Crippen LogP contribution is -2.42. The average Bonchev–Trinajstić information content (AvgIpc) is 2.88. The van der Waals surface area contributed by atoms with Gasteiger partial charge in [0.15, 0.2) is 0 Å². The zero-order chi connectivity index (χ0) is 25.5. The molecule has 7 nitrogen and oxygen atoms in total. The average molecular weight is 530 g/mol. The predicted octanol–water partition coefficient (Wildman–Crippen LogP) is 5.45. The van der Waals surface area contributed by atoms with Crippen molar-refractivity contribution < 1.29 is 19.7 Å². The molecule has 1 unspecified atom stereocenters. The van der Waals surface area contributed by atoms with E-state index >= 15 is 0 Å². The maximum absolute atomic E-state index is 11.8. The molecule has 0 aliphatic carbocycles. The molecule has 1 saturated heterocycles. The molecule has 1 fully saturated rings. The number of hydrogen-bond acceptors (Lipinski definition) is 7. The number of carboxylic acids is 1. The number of pyridine rings is 2. The first-order valence-electron chi connectivity index (χ1n) is 12.2. The van der Waals surface area contributed by atoms with Crippen LogP contribution in [0.4, 0.5) is 0 Å². The highest BCUT2D eigenvalue weighted by molar-refractivity contribution is 7.99. The molecule has 36 heavy (non-hydrogen) atoms. The van der Waals surface area contributed by atoms with Gasteiger partial charge in [0.25, 0.3) is 0 Å². The molecule has 192 valence electrons. The van der Waals surface area contributed by atoms with Crippen LogP contribution in [0.25, 0.3) is 10.9 Å². The van der Waals surface area contributed by atoms with Crippen LogP contribution < -0.4 is 4.74 Å². The van der Waals surface area contributed by atoms with Crippen LogP contribution in [0.5, 0.6) is 5.75 Å². The van der Waals surface area contributed by atoms with E-state index in [1.165, 1.54) is 0 Å². The Bertz CT molecular complexity index is 1170. The van der Waals surface area contributed by atoms with E-state index in [2.05, 4.69) is 20.9 Å². The quantitative estimate of drug-likeness (QED) is 0.316. The number of aliphatic carboxylic acids is 1. The minimum absolute atomic E-state index is 0.108. The Morgan fingerprint density at radius 2 is 2.08 bits per heavy atom. The molecule has 3 heterocycles. The number of nitrogens with zero attached hydrogens (tertiary/aromatic N) is 3. The number of fused-ring (bicyclic) bond motifs is 1. The van der Waals surface area contributed by atoms with Crippen molar-refractivity contribution in [3.63, 3.8) is 0 Å². The molecule has 2 N–H and O–H groups in total. The van der Waals surface area contributed by atoms with Gasteiger partial charge in [-0.1, -0.05) is 11.6 Å². The summed E-state index contributed by atoms with van der Waals surface area (Å²) in [5.74, 6) is 0.839. The molecule has 4 rings (SSSR count). The molecular formula is C27H32ClN3O4S. The summed E-state index contributed by atoms with van der Waals surface area (Å²) in [6, 6.07) is 9.50. The number of benzene rings is 1. The molecule has 1 aromatic carbocycles. The number of hydrogen-bond donors (Lipinski definition) is 2. The first-order chi connectivity index (χ1) is 17.4. The molecule has 2 aromatic heterocycles. The van der Waals surface area contributed by atoms with Gasteiger partial charge in [0, 0.05) is 46.7 Å². The summed E-state index contributed by atoms with van der Waals surface area (Å²) < 4.78 is 5.35. The van der Waals surface area contributed by atoms with Crippen LogP contribution in [0.1, 0.15) is 43.8 Å². The van der Waals surface area contributed by atoms with Gasteiger partial charge in [-0.2, -0.15) is 0 Å². The maximum Gasteiger partial charge on any atom is 0.303 e. The van der Waals surface area contributed by atoms with E-state index in [0.717, 1.165) is 54.0 Å². The Labute approximate surface area is 220 Å². The second kappa shape index (κ2) is 12.2. The normalized spacial score (nSPS) is 16.6. The molecule has 9 heteroatoms. The number of halogens is 1. The third-order valence-corrected chi connectivity index (χ3v) is 8.37. The number of aliphatic hydroxyl groups is 1. The third-order valence-electron chi connectivity index (χ3n) is 7.10. The van der Waals surface area contributed by atoms with Gasteiger partial charge in [-0.15, -0.1) is 11.8 Å². The minimum atomic E-state index is -0.824. The molecule has 0 radical (unpaired) electrons. The van der Waals surface area contributed by atoms with Crippen LogP contribution in [0.2, 0.25) is 5.02 Å². The van der Waals surface area contributed by atoms with E-state index in [1.54, 1.807) is 31.3 Å². The number of methoxy groups -OCH3 is 1. The smallest absolute Gasteiger partial charge is 0.303 e. The molecule has 0 spiro atoms. The Morgan fingerprint density at radius 1 is 1.28 bits per heavy atom. The van der Waals surface area contributed by atoms with E-state index in [4.69, 9.17) is 16.3 Å². The number of rotatable bonds is 11. The van der Waals surface area contributed by atoms with Gasteiger partial charge in [0.05, 0.1) is 30.2 Å². The van der Waals surface area contributed by atoms with Gasteiger partial charge in [-0.3, -0.25) is 14.8 Å². The molecule has 1 aliphatic rings. The molecule has 0 amide bonds. The van der Waals surface area contributed by atoms with Crippen molar-refractivity contribution in [3.8, 4) is 5.75 Å². The van der Waals surface area contributed by atoms with E-state index in [0.29, 0.717) is 29.2 Å². The molecule has 1 aliphatic heterocycles. The van der Waals surface area contributed by atoms with Gasteiger partial charge >= 0.3 is 5.97 Å². The minimum Gasteiger partial charge on any atom is -0.497 e. The summed E-state index contributed by atoms with van der Waals surface area (Å²) >= 11 is 8.26. The third kappa shape index (κ3) is 6.68. The number of carbonyl (C=O) groups is 1. The summed E-state index contributed by atoms with van der Waals surface area (Å²) in [7, 11) is 1.59. The topological polar surface area (TPSA) is 95.8 Å². The summed E-state index contributed by atoms with van der Waals surface area (Å²) in [5.41, 5.74) is 1.01. The fourth-order valence-corrected chi connectivity index (χ4v) is 6.20. The van der Waals surface area contributed by atoms with Gasteiger partial charge in [0.2, 0.25) is 0 Å². The number of thioether (sulfide) groups is 1. The summed E-state index contributed by atoms with van der Waals surface area (Å²) in [4.78, 5) is 23.8. The summed E-state index contributed by atoms with van der Waals surface area (Å²) in [6.07, 6.45) is 7.12. The van der Waals surface area contributed by atoms with E-state index in [-0.39, 0.29) is 11.8 Å². The highest BCUT2D eigenvalue weighted by Gasteiger charge is 2.37. The number of piperidine rings is 1. The standard InChI is InChI=1S/C27H32ClN3O4S/c1-35-19-4-5-23-21(15-19)26(22(28)18-30-23)24(32)6-7-27(16-25(33)34)8-11-31(12-9-27)13-14-36-20-3-2-10-29-17-20/h2-5,10,15,17-18,24,32H,6-9,11-14,16H2,1H3,(H,33,34). The van der Waals surface area contributed by atoms with Crippen molar-refractivity contribution in [2.24, 2.45) is 5.41 Å². The van der Waals surface area contributed by atoms with Gasteiger partial charge in [-0.05, 0) is 74.5 Å². The molecule has 0 saturated carbocycles. The predicted molar refractivity (Wildman–Crippen MR) is 143 cm³/mol. The van der Waals surface area contributed by atoms with Crippen molar-refractivity contribution in [1.82, 2.24) is 14.9 Å². The van der Waals surface area contributed by atoms with Crippen LogP contribution in [0, 0.1) is 5.41 Å². The number of aromatic nitrogens is 2. The second-order valence-corrected chi connectivity index (χ2v) is 11.0. The Balaban J connectivity index is 1.39. The van der Waals surface area contributed by atoms with Crippen molar-refractivity contribution >= 4 is 40.2 Å². The van der Waals surface area contributed by atoms with Gasteiger partial charge < -0.3 is 19.8 Å². The number of aliphatic hydroxyl groups excluding tert-OH is 1. The highest BCUT2D eigenvalue weighted by atomic mass is 35.5. The zero-order valence-electron chi connectivity index (χ0n) is 20.4. The number of carboxylic acid groups (broad SMARTS) is 1. The molecular weight excluding hydrogens is 498 g/mol. The largest absolute Gasteiger partial charge is 0.497 e. The van der Waals surface area contributed by atoms with Crippen LogP contribution in [0.15, 0.2) is 53.8 Å². The lowest BCUT2D eigenvalue weighted by Gasteiger charge is -2.41. The maximum atomic E-state index is 11.8. The fourth-order valence-electron chi connectivity index (χ4n) is 5.03. The Hall–Kier alpha value is -2.39. The van der Waals surface area contributed by atoms with Crippen LogP contribution in [-0.2, 0) is 4.79 Å². The first-order valence-corrected chi connectivity index (χ1v) is 13.5. The van der Waals surface area contributed by atoms with Crippen molar-refractivity contribution in [2.45, 2.75) is 43.1 Å². The molecule has 3 aromatic rings. The second-order valence-electron chi connectivity index (χ2n) is 9.41. The van der Waals surface area contributed by atoms with Gasteiger partial charge in [0.1, 0.15) is 5.75 Å². The van der Waals surface area contributed by atoms with Gasteiger partial charge in [-0.25, -0.2) is 0 Å². The lowest BCUT2D eigenvalue weighted by atomic mass is 9.71. The number of ether oxygens (including phenoxy) is 1. The van der Waals surface area contributed by atoms with Crippen LogP contribution in [-0.4, -0.2) is 63.5 Å². The SMILES string of the molecule is COc1ccc2ncc(Cl)c(C(O)CCC3(CC(=O)O)CCN(CCSc4cccnc4)CC3)c2c1. The highest BCUT2D eigenvalue weighted by Crippen LogP contribution is 2.43. The number of likely N-dealkylation sites (tertiary alicyclic amines) is 1. The lowest BCUT2D eigenvalue weighted by molar-refractivity contribution is -0.141. The van der Waals surface area contributed by atoms with Crippen molar-refractivity contribution in [2.75, 3.05) is 32.5 Å². The first kappa shape index (κ1) is 26.7. The van der Waals surface area contributed by atoms with Crippen LogP contribution in [0.3, 0.4) is 0 Å². The van der Waals surface area contributed by atoms with E-state index in [9.17, 15) is 15.0 Å². The van der Waals surface area contributed by atoms with E-state index in [1.807, 2.05) is 30.5 Å². The summed E-state index contributed by atoms with van der Waals surface area (Å²) in [6.45, 7) is 2.66. The molecule has 0 bridgehead atoms. The zero-order valence-corrected chi connectivity index (χ0v) is 22.0. The van der Waals surface area contributed by atoms with Crippen molar-refractivity contribution in [3.05, 3.63) is 59.5 Å². The Kier molecular flexibility index (Phi) is 9.06. The molecule has 1 atom stereocenters. The summed E-state index contributed by atoms with van der Waals surface area (Å²) in [5, 5.41) is 22.0. The monoisotopic (exact) mass is 529 g/mol.